The Hall–Kier alpha value is -1.32. The molecule has 0 saturated heterocycles. The molecular formula is C21H38O4. The lowest BCUT2D eigenvalue weighted by Gasteiger charge is -2.21. The third kappa shape index (κ3) is 18.9. The van der Waals surface area contributed by atoms with Gasteiger partial charge in [-0.15, -0.1) is 0 Å². The highest BCUT2D eigenvalue weighted by molar-refractivity contribution is 5.66. The first-order chi connectivity index (χ1) is 12.1. The van der Waals surface area contributed by atoms with E-state index in [1.54, 1.807) is 0 Å². The van der Waals surface area contributed by atoms with E-state index in [0.717, 1.165) is 25.0 Å². The Labute approximate surface area is 154 Å². The van der Waals surface area contributed by atoms with Gasteiger partial charge >= 0.3 is 11.9 Å². The molecule has 0 atom stereocenters. The predicted octanol–water partition coefficient (Wildman–Crippen LogP) is 6.25. The quantitative estimate of drug-likeness (QED) is 0.256. The largest absolute Gasteiger partial charge is 0.481 e. The SMILES string of the molecule is C=COC(C)=O.O=C(O)CCCCCCCCCCC1CCCCC1. The van der Waals surface area contributed by atoms with Crippen LogP contribution in [0.15, 0.2) is 12.8 Å². The number of carboxylic acids is 1. The predicted molar refractivity (Wildman–Crippen MR) is 102 cm³/mol. The lowest BCUT2D eigenvalue weighted by atomic mass is 9.85. The normalized spacial score (nSPS) is 14.3. The lowest BCUT2D eigenvalue weighted by molar-refractivity contribution is -0.137. The molecule has 0 aromatic rings. The highest BCUT2D eigenvalue weighted by atomic mass is 16.5. The van der Waals surface area contributed by atoms with E-state index in [2.05, 4.69) is 11.3 Å². The van der Waals surface area contributed by atoms with Gasteiger partial charge in [0.05, 0.1) is 6.26 Å². The second-order valence-electron chi connectivity index (χ2n) is 7.04. The van der Waals surface area contributed by atoms with Gasteiger partial charge in [-0.05, 0) is 12.3 Å². The first-order valence-electron chi connectivity index (χ1n) is 10.1. The molecule has 4 heteroatoms. The zero-order valence-corrected chi connectivity index (χ0v) is 16.1. The Morgan fingerprint density at radius 2 is 1.48 bits per heavy atom. The van der Waals surface area contributed by atoms with Crippen LogP contribution in [-0.4, -0.2) is 17.0 Å². The standard InChI is InChI=1S/C17H32O2.C4H6O2/c18-17(19)15-11-6-4-2-1-3-5-8-12-16-13-9-7-10-14-16;1-3-6-4(2)5/h16H,1-15H2,(H,18,19);3H,1H2,2H3. The fraction of sp³-hybridized carbons (Fsp3) is 0.810. The number of carbonyl (C=O) groups excluding carboxylic acids is 1. The number of aliphatic carboxylic acids is 1. The third-order valence-electron chi connectivity index (χ3n) is 4.73. The van der Waals surface area contributed by atoms with E-state index in [1.165, 1.54) is 84.0 Å². The van der Waals surface area contributed by atoms with Crippen LogP contribution in [0, 0.1) is 5.92 Å². The molecule has 1 aliphatic rings. The summed E-state index contributed by atoms with van der Waals surface area (Å²) in [7, 11) is 0. The van der Waals surface area contributed by atoms with Crippen LogP contribution < -0.4 is 0 Å². The Balaban J connectivity index is 0.000000823. The maximum absolute atomic E-state index is 10.3. The number of unbranched alkanes of at least 4 members (excludes halogenated alkanes) is 7. The van der Waals surface area contributed by atoms with Gasteiger partial charge in [-0.3, -0.25) is 9.59 Å². The molecular weight excluding hydrogens is 316 g/mol. The summed E-state index contributed by atoms with van der Waals surface area (Å²) in [6, 6.07) is 0. The van der Waals surface area contributed by atoms with Crippen LogP contribution in [-0.2, 0) is 14.3 Å². The van der Waals surface area contributed by atoms with Crippen molar-refractivity contribution >= 4 is 11.9 Å². The van der Waals surface area contributed by atoms with E-state index in [0.29, 0.717) is 6.42 Å². The minimum Gasteiger partial charge on any atom is -0.481 e. The van der Waals surface area contributed by atoms with Crippen LogP contribution in [0.3, 0.4) is 0 Å². The second-order valence-corrected chi connectivity index (χ2v) is 7.04. The monoisotopic (exact) mass is 354 g/mol. The van der Waals surface area contributed by atoms with Gasteiger partial charge in [0, 0.05) is 13.3 Å². The Kier molecular flexibility index (Phi) is 16.6. The second kappa shape index (κ2) is 17.5. The molecule has 0 radical (unpaired) electrons. The molecule has 0 aromatic heterocycles. The fourth-order valence-electron chi connectivity index (χ4n) is 3.36. The Bertz CT molecular complexity index is 346. The van der Waals surface area contributed by atoms with E-state index in [1.807, 2.05) is 0 Å². The molecule has 0 amide bonds. The summed E-state index contributed by atoms with van der Waals surface area (Å²) in [6.45, 7) is 4.48. The van der Waals surface area contributed by atoms with E-state index in [9.17, 15) is 9.59 Å². The molecule has 0 bridgehead atoms. The number of esters is 1. The summed E-state index contributed by atoms with van der Waals surface area (Å²) in [6.07, 6.45) is 20.3. The number of hydrogen-bond acceptors (Lipinski definition) is 3. The summed E-state index contributed by atoms with van der Waals surface area (Å²) >= 11 is 0. The van der Waals surface area contributed by atoms with E-state index >= 15 is 0 Å². The summed E-state index contributed by atoms with van der Waals surface area (Å²) in [5.41, 5.74) is 0. The summed E-state index contributed by atoms with van der Waals surface area (Å²) in [5.74, 6) is 0.0671. The molecule has 4 nitrogen and oxygen atoms in total. The van der Waals surface area contributed by atoms with Crippen LogP contribution in [0.2, 0.25) is 0 Å². The number of hydrogen-bond donors (Lipinski definition) is 1. The highest BCUT2D eigenvalue weighted by Crippen LogP contribution is 2.28. The van der Waals surface area contributed by atoms with Gasteiger partial charge < -0.3 is 9.84 Å². The zero-order chi connectivity index (χ0) is 18.8. The van der Waals surface area contributed by atoms with Crippen molar-refractivity contribution in [1.82, 2.24) is 0 Å². The molecule has 1 fully saturated rings. The zero-order valence-electron chi connectivity index (χ0n) is 16.1. The number of ether oxygens (including phenoxy) is 1. The minimum absolute atomic E-state index is 0.329. The van der Waals surface area contributed by atoms with Gasteiger partial charge in [-0.2, -0.15) is 0 Å². The van der Waals surface area contributed by atoms with Gasteiger partial charge in [-0.25, -0.2) is 0 Å². The minimum atomic E-state index is -0.650. The van der Waals surface area contributed by atoms with Crippen LogP contribution in [0.1, 0.15) is 103 Å². The van der Waals surface area contributed by atoms with E-state index in [-0.39, 0.29) is 5.97 Å². The molecule has 1 rings (SSSR count). The average molecular weight is 355 g/mol. The molecule has 1 N–H and O–H groups in total. The van der Waals surface area contributed by atoms with Crippen LogP contribution in [0.5, 0.6) is 0 Å². The summed E-state index contributed by atoms with van der Waals surface area (Å²) in [5, 5.41) is 8.52. The molecule has 146 valence electrons. The van der Waals surface area contributed by atoms with Crippen molar-refractivity contribution in [2.45, 2.75) is 103 Å². The average Bonchev–Trinajstić information content (AvgIpc) is 2.57. The molecule has 0 spiro atoms. The van der Waals surface area contributed by atoms with Crippen molar-refractivity contribution in [2.75, 3.05) is 0 Å². The van der Waals surface area contributed by atoms with Crippen LogP contribution in [0.25, 0.3) is 0 Å². The third-order valence-corrected chi connectivity index (χ3v) is 4.73. The van der Waals surface area contributed by atoms with Crippen LogP contribution in [0.4, 0.5) is 0 Å². The molecule has 0 aliphatic heterocycles. The molecule has 25 heavy (non-hydrogen) atoms. The van der Waals surface area contributed by atoms with E-state index in [4.69, 9.17) is 5.11 Å². The van der Waals surface area contributed by atoms with Gasteiger partial charge in [0.25, 0.3) is 0 Å². The first kappa shape index (κ1) is 23.7. The van der Waals surface area contributed by atoms with Crippen molar-refractivity contribution in [2.24, 2.45) is 5.92 Å². The van der Waals surface area contributed by atoms with Gasteiger partial charge in [0.15, 0.2) is 0 Å². The van der Waals surface area contributed by atoms with Crippen molar-refractivity contribution in [1.29, 1.82) is 0 Å². The van der Waals surface area contributed by atoms with Crippen molar-refractivity contribution in [3.8, 4) is 0 Å². The first-order valence-corrected chi connectivity index (χ1v) is 10.1. The molecule has 0 aromatic carbocycles. The lowest BCUT2D eigenvalue weighted by Crippen LogP contribution is -2.05. The molecule has 1 aliphatic carbocycles. The Morgan fingerprint density at radius 1 is 0.960 bits per heavy atom. The van der Waals surface area contributed by atoms with Crippen molar-refractivity contribution in [3.05, 3.63) is 12.8 Å². The van der Waals surface area contributed by atoms with Gasteiger partial charge in [0.2, 0.25) is 0 Å². The highest BCUT2D eigenvalue weighted by Gasteiger charge is 2.12. The van der Waals surface area contributed by atoms with Crippen LogP contribution >= 0.6 is 0 Å². The summed E-state index contributed by atoms with van der Waals surface area (Å²) < 4.78 is 4.17. The van der Waals surface area contributed by atoms with Gasteiger partial charge in [-0.1, -0.05) is 90.0 Å². The Morgan fingerprint density at radius 3 is 1.92 bits per heavy atom. The topological polar surface area (TPSA) is 63.6 Å². The molecule has 0 heterocycles. The summed E-state index contributed by atoms with van der Waals surface area (Å²) in [4.78, 5) is 20.1. The number of carboxylic acid groups (broad SMARTS) is 1. The molecule has 1 saturated carbocycles. The maximum Gasteiger partial charge on any atom is 0.307 e. The fourth-order valence-corrected chi connectivity index (χ4v) is 3.36. The van der Waals surface area contributed by atoms with Gasteiger partial charge in [0.1, 0.15) is 0 Å². The number of rotatable bonds is 12. The van der Waals surface area contributed by atoms with E-state index < -0.39 is 5.97 Å². The maximum atomic E-state index is 10.3. The number of carbonyl (C=O) groups is 2. The molecule has 0 unspecified atom stereocenters. The van der Waals surface area contributed by atoms with Crippen molar-refractivity contribution in [3.63, 3.8) is 0 Å². The van der Waals surface area contributed by atoms with Crippen molar-refractivity contribution < 1.29 is 19.4 Å². The smallest absolute Gasteiger partial charge is 0.307 e.